The van der Waals surface area contributed by atoms with Gasteiger partial charge in [-0.05, 0) is 18.6 Å². The maximum Gasteiger partial charge on any atom is 0.165 e. The van der Waals surface area contributed by atoms with Crippen LogP contribution < -0.4 is 0 Å². The first kappa shape index (κ1) is 8.54. The van der Waals surface area contributed by atoms with E-state index in [2.05, 4.69) is 4.98 Å². The summed E-state index contributed by atoms with van der Waals surface area (Å²) in [5.41, 5.74) is 2.18. The van der Waals surface area contributed by atoms with Crippen molar-refractivity contribution in [2.75, 3.05) is 0 Å². The fraction of sp³-hybridized carbons (Fsp3) is 0.111. The quantitative estimate of drug-likeness (QED) is 0.531. The highest BCUT2D eigenvalue weighted by Crippen LogP contribution is 2.30. The number of para-hydroxylation sites is 1. The molecule has 1 heterocycles. The minimum Gasteiger partial charge on any atom is -0.228 e. The molecule has 2 aromatic rings. The standard InChI is InChI=1S/C9H6N2S2/c1-6-3-2-4-7-8(6)11-9(13-7)12-5-10/h2-4H,1H3. The molecule has 0 radical (unpaired) electrons. The molecule has 1 aromatic carbocycles. The lowest BCUT2D eigenvalue weighted by Gasteiger charge is -1.90. The number of nitriles is 1. The van der Waals surface area contributed by atoms with Gasteiger partial charge in [0, 0.05) is 11.8 Å². The fourth-order valence-electron chi connectivity index (χ4n) is 1.15. The number of aromatic nitrogens is 1. The van der Waals surface area contributed by atoms with Crippen LogP contribution in [0.4, 0.5) is 0 Å². The Hall–Kier alpha value is -1.05. The minimum absolute atomic E-state index is 0.826. The van der Waals surface area contributed by atoms with Crippen LogP contribution in [-0.4, -0.2) is 4.98 Å². The van der Waals surface area contributed by atoms with Crippen LogP contribution in [-0.2, 0) is 0 Å². The molecule has 0 unspecified atom stereocenters. The molecule has 0 bridgehead atoms. The van der Waals surface area contributed by atoms with E-state index in [1.807, 2.05) is 30.5 Å². The summed E-state index contributed by atoms with van der Waals surface area (Å²) in [6.45, 7) is 2.03. The molecule has 0 saturated heterocycles. The van der Waals surface area contributed by atoms with Crippen molar-refractivity contribution < 1.29 is 0 Å². The summed E-state index contributed by atoms with van der Waals surface area (Å²) in [4.78, 5) is 4.36. The molecule has 0 aliphatic heterocycles. The second-order valence-electron chi connectivity index (χ2n) is 2.59. The van der Waals surface area contributed by atoms with E-state index in [0.717, 1.165) is 26.3 Å². The van der Waals surface area contributed by atoms with Gasteiger partial charge in [0.25, 0.3) is 0 Å². The topological polar surface area (TPSA) is 36.7 Å². The second kappa shape index (κ2) is 3.36. The maximum absolute atomic E-state index is 8.49. The first-order valence-electron chi connectivity index (χ1n) is 3.73. The summed E-state index contributed by atoms with van der Waals surface area (Å²) < 4.78 is 1.98. The van der Waals surface area contributed by atoms with Crippen LogP contribution in [0.25, 0.3) is 10.2 Å². The number of aryl methyl sites for hydroxylation is 1. The van der Waals surface area contributed by atoms with Crippen molar-refractivity contribution in [3.8, 4) is 5.40 Å². The van der Waals surface area contributed by atoms with E-state index >= 15 is 0 Å². The predicted molar refractivity (Wildman–Crippen MR) is 55.8 cm³/mol. The van der Waals surface area contributed by atoms with E-state index in [-0.39, 0.29) is 0 Å². The van der Waals surface area contributed by atoms with Crippen molar-refractivity contribution in [3.05, 3.63) is 23.8 Å². The summed E-state index contributed by atoms with van der Waals surface area (Å²) in [5.74, 6) is 0. The van der Waals surface area contributed by atoms with Gasteiger partial charge in [-0.3, -0.25) is 0 Å². The van der Waals surface area contributed by atoms with Crippen molar-refractivity contribution in [2.45, 2.75) is 11.3 Å². The molecule has 0 fully saturated rings. The van der Waals surface area contributed by atoms with E-state index < -0.39 is 0 Å². The number of thiazole rings is 1. The zero-order chi connectivity index (χ0) is 9.26. The van der Waals surface area contributed by atoms with E-state index in [4.69, 9.17) is 5.26 Å². The van der Waals surface area contributed by atoms with Gasteiger partial charge in [0.2, 0.25) is 0 Å². The van der Waals surface area contributed by atoms with E-state index in [0.29, 0.717) is 0 Å². The molecular weight excluding hydrogens is 200 g/mol. The Kier molecular flexibility index (Phi) is 2.21. The Balaban J connectivity index is 2.63. The molecule has 2 rings (SSSR count). The van der Waals surface area contributed by atoms with Crippen LogP contribution in [0.5, 0.6) is 0 Å². The third kappa shape index (κ3) is 1.53. The molecule has 0 aliphatic rings. The molecule has 13 heavy (non-hydrogen) atoms. The molecule has 0 atom stereocenters. The minimum atomic E-state index is 0.826. The van der Waals surface area contributed by atoms with Crippen LogP contribution in [0.2, 0.25) is 0 Å². The lowest BCUT2D eigenvalue weighted by Crippen LogP contribution is -1.73. The highest BCUT2D eigenvalue weighted by atomic mass is 32.2. The highest BCUT2D eigenvalue weighted by molar-refractivity contribution is 8.05. The molecule has 2 nitrogen and oxygen atoms in total. The van der Waals surface area contributed by atoms with Gasteiger partial charge in [-0.1, -0.05) is 12.1 Å². The second-order valence-corrected chi connectivity index (χ2v) is 4.66. The average molecular weight is 206 g/mol. The molecule has 0 saturated carbocycles. The summed E-state index contributed by atoms with van der Waals surface area (Å²) in [6, 6.07) is 6.07. The van der Waals surface area contributed by atoms with Gasteiger partial charge in [-0.15, -0.1) is 11.3 Å². The number of hydrogen-bond donors (Lipinski definition) is 0. The van der Waals surface area contributed by atoms with Gasteiger partial charge in [-0.2, -0.15) is 5.26 Å². The molecule has 64 valence electrons. The first-order valence-corrected chi connectivity index (χ1v) is 5.36. The average Bonchev–Trinajstić information content (AvgIpc) is 2.49. The Bertz CT molecular complexity index is 482. The summed E-state index contributed by atoms with van der Waals surface area (Å²) in [7, 11) is 0. The van der Waals surface area contributed by atoms with Gasteiger partial charge < -0.3 is 0 Å². The molecule has 0 aliphatic carbocycles. The van der Waals surface area contributed by atoms with Gasteiger partial charge in [0.05, 0.1) is 10.2 Å². The lowest BCUT2D eigenvalue weighted by molar-refractivity contribution is 1.29. The van der Waals surface area contributed by atoms with E-state index in [1.54, 1.807) is 11.3 Å². The van der Waals surface area contributed by atoms with Crippen molar-refractivity contribution >= 4 is 33.3 Å². The number of rotatable bonds is 1. The summed E-state index contributed by atoms with van der Waals surface area (Å²) >= 11 is 2.69. The van der Waals surface area contributed by atoms with Crippen molar-refractivity contribution in [1.82, 2.24) is 4.98 Å². The van der Waals surface area contributed by atoms with Crippen LogP contribution in [0.3, 0.4) is 0 Å². The smallest absolute Gasteiger partial charge is 0.165 e. The summed E-state index contributed by atoms with van der Waals surface area (Å²) in [5, 5.41) is 10.5. The number of thioether (sulfide) groups is 1. The molecule has 4 heteroatoms. The third-order valence-corrected chi connectivity index (χ3v) is 3.41. The van der Waals surface area contributed by atoms with Gasteiger partial charge >= 0.3 is 0 Å². The van der Waals surface area contributed by atoms with E-state index in [9.17, 15) is 0 Å². The molecule has 0 spiro atoms. The largest absolute Gasteiger partial charge is 0.228 e. The van der Waals surface area contributed by atoms with Crippen LogP contribution in [0, 0.1) is 17.6 Å². The molecule has 0 N–H and O–H groups in total. The number of nitrogens with zero attached hydrogens (tertiary/aromatic N) is 2. The van der Waals surface area contributed by atoms with Crippen molar-refractivity contribution in [3.63, 3.8) is 0 Å². The number of hydrogen-bond acceptors (Lipinski definition) is 4. The van der Waals surface area contributed by atoms with Crippen molar-refractivity contribution in [1.29, 1.82) is 5.26 Å². The van der Waals surface area contributed by atoms with Crippen molar-refractivity contribution in [2.24, 2.45) is 0 Å². The first-order chi connectivity index (χ1) is 6.31. The number of fused-ring (bicyclic) bond motifs is 1. The van der Waals surface area contributed by atoms with Crippen LogP contribution >= 0.6 is 23.1 Å². The molecular formula is C9H6N2S2. The zero-order valence-corrected chi connectivity index (χ0v) is 8.58. The highest BCUT2D eigenvalue weighted by Gasteiger charge is 2.04. The SMILES string of the molecule is Cc1cccc2sc(SC#N)nc12. The normalized spacial score (nSPS) is 10.2. The Morgan fingerprint density at radius 1 is 1.54 bits per heavy atom. The van der Waals surface area contributed by atoms with Gasteiger partial charge in [-0.25, -0.2) is 4.98 Å². The van der Waals surface area contributed by atoms with Gasteiger partial charge in [0.1, 0.15) is 5.40 Å². The number of benzene rings is 1. The van der Waals surface area contributed by atoms with E-state index in [1.165, 1.54) is 5.56 Å². The van der Waals surface area contributed by atoms with Gasteiger partial charge in [0.15, 0.2) is 4.34 Å². The molecule has 0 amide bonds. The lowest BCUT2D eigenvalue weighted by atomic mass is 10.2. The number of thiocyanates is 1. The van der Waals surface area contributed by atoms with Crippen LogP contribution in [0.1, 0.15) is 5.56 Å². The van der Waals surface area contributed by atoms with Crippen LogP contribution in [0.15, 0.2) is 22.5 Å². The Morgan fingerprint density at radius 2 is 2.38 bits per heavy atom. The maximum atomic E-state index is 8.49. The third-order valence-electron chi connectivity index (χ3n) is 1.73. The summed E-state index contributed by atoms with van der Waals surface area (Å²) in [6.07, 6.45) is 0. The Morgan fingerprint density at radius 3 is 3.08 bits per heavy atom. The Labute approximate surface area is 84.2 Å². The monoisotopic (exact) mass is 206 g/mol. The fourth-order valence-corrected chi connectivity index (χ4v) is 2.69. The molecule has 1 aromatic heterocycles. The predicted octanol–water partition coefficient (Wildman–Crippen LogP) is 3.18. The zero-order valence-electron chi connectivity index (χ0n) is 6.94.